The summed E-state index contributed by atoms with van der Waals surface area (Å²) in [6.07, 6.45) is 0. The standard InChI is InChI=1S/C13H27N3O2S2Si/c1-9-10(19-11(15-9)13(5,6)17)20(14,18)16-21(7,8)12(2,3)4/h17H,1-8H3,(H2,14,16,18). The van der Waals surface area contributed by atoms with Crippen LogP contribution in [-0.4, -0.2) is 22.5 Å². The molecule has 0 aliphatic carbocycles. The molecule has 0 saturated heterocycles. The predicted octanol–water partition coefficient (Wildman–Crippen LogP) is 3.38. The summed E-state index contributed by atoms with van der Waals surface area (Å²) >= 11 is 1.19. The van der Waals surface area contributed by atoms with Crippen LogP contribution in [0.15, 0.2) is 8.24 Å². The van der Waals surface area contributed by atoms with Crippen molar-refractivity contribution in [3.8, 4) is 0 Å². The number of nitrogens with two attached hydrogens (primary N) is 1. The Morgan fingerprint density at radius 1 is 1.29 bits per heavy atom. The van der Waals surface area contributed by atoms with Gasteiger partial charge in [0.15, 0.2) is 8.24 Å². The first-order valence-corrected chi connectivity index (χ1v) is 12.2. The second kappa shape index (κ2) is 5.41. The molecule has 1 aromatic heterocycles. The van der Waals surface area contributed by atoms with Crippen LogP contribution in [0.5, 0.6) is 0 Å². The Morgan fingerprint density at radius 2 is 1.76 bits per heavy atom. The lowest BCUT2D eigenvalue weighted by molar-refractivity contribution is 0.0781. The van der Waals surface area contributed by atoms with Crippen LogP contribution in [0.4, 0.5) is 0 Å². The van der Waals surface area contributed by atoms with Crippen molar-refractivity contribution in [3.05, 3.63) is 10.7 Å². The number of rotatable bonds is 3. The van der Waals surface area contributed by atoms with E-state index in [9.17, 15) is 9.32 Å². The third-order valence-electron chi connectivity index (χ3n) is 3.74. The second-order valence-corrected chi connectivity index (χ2v) is 15.6. The minimum absolute atomic E-state index is 0.0350. The van der Waals surface area contributed by atoms with Gasteiger partial charge in [-0.2, -0.15) is 0 Å². The molecule has 0 radical (unpaired) electrons. The zero-order valence-electron chi connectivity index (χ0n) is 14.1. The van der Waals surface area contributed by atoms with E-state index in [4.69, 9.17) is 5.14 Å². The highest BCUT2D eigenvalue weighted by Crippen LogP contribution is 2.39. The molecule has 1 unspecified atom stereocenters. The first kappa shape index (κ1) is 18.8. The lowest BCUT2D eigenvalue weighted by Gasteiger charge is -2.32. The van der Waals surface area contributed by atoms with Crippen LogP contribution in [0.2, 0.25) is 18.1 Å². The molecular formula is C13H27N3O2S2Si. The zero-order valence-corrected chi connectivity index (χ0v) is 16.8. The lowest BCUT2D eigenvalue weighted by Crippen LogP contribution is -2.37. The lowest BCUT2D eigenvalue weighted by atomic mass is 10.2. The smallest absolute Gasteiger partial charge is 0.195 e. The fourth-order valence-electron chi connectivity index (χ4n) is 1.43. The van der Waals surface area contributed by atoms with Gasteiger partial charge in [-0.1, -0.05) is 20.8 Å². The van der Waals surface area contributed by atoms with Gasteiger partial charge in [0, 0.05) is 0 Å². The number of hydrogen-bond acceptors (Lipinski definition) is 5. The summed E-state index contributed by atoms with van der Waals surface area (Å²) in [6, 6.07) is 0. The average Bonchev–Trinajstić information content (AvgIpc) is 2.56. The van der Waals surface area contributed by atoms with Crippen LogP contribution in [-0.2, 0) is 15.5 Å². The summed E-state index contributed by atoms with van der Waals surface area (Å²) in [5.74, 6) is 0. The third-order valence-corrected chi connectivity index (χ3v) is 13.4. The summed E-state index contributed by atoms with van der Waals surface area (Å²) in [5, 5.41) is 16.6. The van der Waals surface area contributed by atoms with Crippen molar-refractivity contribution in [1.82, 2.24) is 4.98 Å². The number of thiazole rings is 1. The molecule has 122 valence electrons. The molecule has 0 aliphatic rings. The van der Waals surface area contributed by atoms with Crippen LogP contribution in [0.25, 0.3) is 0 Å². The van der Waals surface area contributed by atoms with E-state index >= 15 is 0 Å². The Kier molecular flexibility index (Phi) is 4.84. The molecule has 1 aromatic rings. The molecule has 21 heavy (non-hydrogen) atoms. The topological polar surface area (TPSA) is 88.6 Å². The van der Waals surface area contributed by atoms with E-state index in [2.05, 4.69) is 42.9 Å². The monoisotopic (exact) mass is 349 g/mol. The minimum Gasteiger partial charge on any atom is -0.383 e. The van der Waals surface area contributed by atoms with Crippen LogP contribution in [0, 0.1) is 6.92 Å². The van der Waals surface area contributed by atoms with E-state index in [0.717, 1.165) is 0 Å². The number of aryl methyl sites for hydroxylation is 1. The first-order valence-electron chi connectivity index (χ1n) is 6.84. The molecule has 0 aliphatic heterocycles. The predicted molar refractivity (Wildman–Crippen MR) is 92.3 cm³/mol. The fraction of sp³-hybridized carbons (Fsp3) is 0.769. The normalized spacial score (nSPS) is 16.7. The summed E-state index contributed by atoms with van der Waals surface area (Å²) < 4.78 is 18.0. The molecule has 1 rings (SSSR count). The van der Waals surface area contributed by atoms with Gasteiger partial charge in [-0.25, -0.2) is 14.3 Å². The summed E-state index contributed by atoms with van der Waals surface area (Å²) in [7, 11) is -5.13. The van der Waals surface area contributed by atoms with E-state index in [-0.39, 0.29) is 5.04 Å². The zero-order chi connectivity index (χ0) is 16.9. The van der Waals surface area contributed by atoms with E-state index in [1.54, 1.807) is 20.8 Å². The van der Waals surface area contributed by atoms with Gasteiger partial charge >= 0.3 is 0 Å². The fourth-order valence-corrected chi connectivity index (χ4v) is 7.89. The van der Waals surface area contributed by atoms with Gasteiger partial charge in [-0.05, 0) is 38.9 Å². The van der Waals surface area contributed by atoms with Crippen LogP contribution in [0.1, 0.15) is 45.3 Å². The summed E-state index contributed by atoms with van der Waals surface area (Å²) in [5.41, 5.74) is -0.479. The number of hydrogen-bond donors (Lipinski definition) is 2. The molecule has 0 bridgehead atoms. The maximum atomic E-state index is 12.9. The van der Waals surface area contributed by atoms with Crippen molar-refractivity contribution in [1.29, 1.82) is 0 Å². The Hall–Kier alpha value is -0.283. The Morgan fingerprint density at radius 3 is 2.10 bits per heavy atom. The van der Waals surface area contributed by atoms with E-state index in [1.807, 2.05) is 0 Å². The van der Waals surface area contributed by atoms with Gasteiger partial charge < -0.3 is 5.11 Å². The van der Waals surface area contributed by atoms with Crippen LogP contribution < -0.4 is 5.14 Å². The van der Waals surface area contributed by atoms with Gasteiger partial charge in [0.05, 0.1) is 5.69 Å². The first-order chi connectivity index (χ1) is 9.08. The van der Waals surface area contributed by atoms with Crippen molar-refractivity contribution in [2.75, 3.05) is 0 Å². The molecule has 1 atom stereocenters. The van der Waals surface area contributed by atoms with E-state index in [1.165, 1.54) is 11.3 Å². The van der Waals surface area contributed by atoms with E-state index < -0.39 is 23.8 Å². The molecular weight excluding hydrogens is 322 g/mol. The van der Waals surface area contributed by atoms with Crippen molar-refractivity contribution < 1.29 is 9.32 Å². The Balaban J connectivity index is 3.46. The third kappa shape index (κ3) is 4.13. The molecule has 0 fully saturated rings. The van der Waals surface area contributed by atoms with Crippen molar-refractivity contribution in [3.63, 3.8) is 0 Å². The number of nitrogens with zero attached hydrogens (tertiary/aromatic N) is 2. The highest BCUT2D eigenvalue weighted by atomic mass is 32.2. The van der Waals surface area contributed by atoms with Crippen molar-refractivity contribution in [2.45, 2.75) is 69.5 Å². The van der Waals surface area contributed by atoms with Crippen LogP contribution in [0.3, 0.4) is 0 Å². The largest absolute Gasteiger partial charge is 0.383 e. The van der Waals surface area contributed by atoms with Gasteiger partial charge in [0.1, 0.15) is 24.7 Å². The summed E-state index contributed by atoms with van der Waals surface area (Å²) in [4.78, 5) is 4.31. The SMILES string of the molecule is Cc1nc(C(C)(C)O)sc1S(N)(=O)=N[Si](C)(C)C(C)(C)C. The Bertz CT molecular complexity index is 645. The van der Waals surface area contributed by atoms with E-state index in [0.29, 0.717) is 14.9 Å². The number of aliphatic hydroxyl groups is 1. The van der Waals surface area contributed by atoms with Gasteiger partial charge in [-0.3, -0.25) is 4.03 Å². The maximum Gasteiger partial charge on any atom is 0.195 e. The molecule has 0 saturated carbocycles. The molecule has 8 heteroatoms. The quantitative estimate of drug-likeness (QED) is 0.820. The molecule has 0 aromatic carbocycles. The molecule has 5 nitrogen and oxygen atoms in total. The molecule has 0 amide bonds. The van der Waals surface area contributed by atoms with Gasteiger partial charge in [-0.15, -0.1) is 11.3 Å². The Labute approximate surface area is 133 Å². The number of aromatic nitrogens is 1. The van der Waals surface area contributed by atoms with Crippen LogP contribution >= 0.6 is 11.3 Å². The average molecular weight is 350 g/mol. The highest BCUT2D eigenvalue weighted by molar-refractivity contribution is 7.94. The maximum absolute atomic E-state index is 12.9. The minimum atomic E-state index is -2.99. The van der Waals surface area contributed by atoms with Crippen molar-refractivity contribution >= 4 is 29.5 Å². The second-order valence-electron chi connectivity index (χ2n) is 7.42. The molecule has 3 N–H and O–H groups in total. The molecule has 1 heterocycles. The highest BCUT2D eigenvalue weighted by Gasteiger charge is 2.38. The summed E-state index contributed by atoms with van der Waals surface area (Å²) in [6.45, 7) is 15.5. The van der Waals surface area contributed by atoms with Crippen molar-refractivity contribution in [2.24, 2.45) is 9.17 Å². The van der Waals surface area contributed by atoms with Gasteiger partial charge in [0.2, 0.25) is 0 Å². The van der Waals surface area contributed by atoms with Gasteiger partial charge in [0.25, 0.3) is 0 Å². The molecule has 0 spiro atoms.